The normalized spacial score (nSPS) is 21.2. The SMILES string of the molecule is COC([CH2][Hg])CNC(=O)C1CCC(C)(C(=O)[O-])C1(C)C.Cn1c(=O)c2[nH]cnc2n(C)c1=O.O.[Na+]. The van der Waals surface area contributed by atoms with Gasteiger partial charge in [-0.25, -0.2) is 9.78 Å². The van der Waals surface area contributed by atoms with E-state index in [0.717, 1.165) is 8.50 Å². The Morgan fingerprint density at radius 1 is 1.31 bits per heavy atom. The summed E-state index contributed by atoms with van der Waals surface area (Å²) in [5, 5.41) is 14.3. The molecule has 1 aliphatic carbocycles. The Labute approximate surface area is 241 Å². The van der Waals surface area contributed by atoms with Gasteiger partial charge in [-0.15, -0.1) is 0 Å². The molecule has 1 amide bonds. The number of aryl methyl sites for hydroxylation is 1. The summed E-state index contributed by atoms with van der Waals surface area (Å²) in [4.78, 5) is 53.1. The molecular formula is C21H33HgN5NaO7. The standard InChI is InChI=1S/C14H24NO4.C7H8N4O2.Hg.Na.H2O/c1-9(19-5)8-15-11(16)10-6-7-14(4,12(17)18)13(10,2)3;1-10-5-4(8-3-9-5)6(12)11(2)7(10)13;;;/h9-10H,1,6-8H2,2-5H3,(H,15,16)(H,17,18);3H,1-2H3,(H,8,9);;;1H2/q;;;+1;/p-1. The number of ether oxygens (including phenoxy) is 1. The molecule has 0 spiro atoms. The van der Waals surface area contributed by atoms with Crippen LogP contribution in [-0.4, -0.2) is 56.2 Å². The molecule has 1 fully saturated rings. The Morgan fingerprint density at radius 2 is 1.91 bits per heavy atom. The van der Waals surface area contributed by atoms with Gasteiger partial charge in [-0.2, -0.15) is 0 Å². The van der Waals surface area contributed by atoms with Crippen LogP contribution in [0.1, 0.15) is 33.6 Å². The van der Waals surface area contributed by atoms with Gasteiger partial charge in [0.15, 0.2) is 5.65 Å². The van der Waals surface area contributed by atoms with Crippen molar-refractivity contribution in [1.82, 2.24) is 24.4 Å². The maximum Gasteiger partial charge on any atom is 1.00 e. The van der Waals surface area contributed by atoms with Crippen molar-refractivity contribution in [2.24, 2.45) is 30.8 Å². The summed E-state index contributed by atoms with van der Waals surface area (Å²) in [6, 6.07) is 0. The maximum absolute atomic E-state index is 12.3. The number of aromatic amines is 1. The van der Waals surface area contributed by atoms with Crippen LogP contribution in [-0.2, 0) is 54.5 Å². The van der Waals surface area contributed by atoms with Crippen LogP contribution in [0.5, 0.6) is 0 Å². The molecule has 14 heteroatoms. The van der Waals surface area contributed by atoms with E-state index in [1.807, 2.05) is 13.8 Å². The van der Waals surface area contributed by atoms with Gasteiger partial charge in [0.25, 0.3) is 5.56 Å². The number of hydrogen-bond acceptors (Lipinski definition) is 7. The van der Waals surface area contributed by atoms with Crippen LogP contribution in [0.25, 0.3) is 11.2 Å². The number of rotatable bonds is 6. The van der Waals surface area contributed by atoms with Crippen LogP contribution < -0.4 is 51.2 Å². The average Bonchev–Trinajstić information content (AvgIpc) is 3.35. The van der Waals surface area contributed by atoms with Crippen LogP contribution in [0, 0.1) is 16.7 Å². The number of methoxy groups -OCH3 is 1. The third-order valence-electron chi connectivity index (χ3n) is 7.18. The fraction of sp³-hybridized carbons (Fsp3) is 0.667. The monoisotopic (exact) mass is 692 g/mol. The molecule has 0 aliphatic heterocycles. The number of nitrogens with one attached hydrogen (secondary N) is 2. The molecule has 35 heavy (non-hydrogen) atoms. The molecule has 3 rings (SSSR count). The Balaban J connectivity index is 0.000000670. The van der Waals surface area contributed by atoms with E-state index in [-0.39, 0.29) is 64.2 Å². The second kappa shape index (κ2) is 13.5. The zero-order valence-corrected chi connectivity index (χ0v) is 29.1. The van der Waals surface area contributed by atoms with Gasteiger partial charge in [0.05, 0.1) is 6.33 Å². The first-order valence-corrected chi connectivity index (χ1v) is 14.6. The Morgan fingerprint density at radius 3 is 2.40 bits per heavy atom. The first kappa shape index (κ1) is 33.9. The largest absolute Gasteiger partial charge is 1.00 e. The van der Waals surface area contributed by atoms with Crippen LogP contribution in [0.15, 0.2) is 15.9 Å². The minimum Gasteiger partial charge on any atom is -0.412 e. The number of carboxylic acid groups (broad SMARTS) is 1. The van der Waals surface area contributed by atoms with E-state index >= 15 is 0 Å². The predicted octanol–water partition coefficient (Wildman–Crippen LogP) is -4.59. The van der Waals surface area contributed by atoms with Crippen LogP contribution in [0.3, 0.4) is 0 Å². The molecule has 3 atom stereocenters. The molecular weight excluding hydrogens is 658 g/mol. The number of aromatic nitrogens is 4. The Hall–Kier alpha value is -1.05. The summed E-state index contributed by atoms with van der Waals surface area (Å²) in [6.07, 6.45) is 2.55. The second-order valence-corrected chi connectivity index (χ2v) is 11.4. The van der Waals surface area contributed by atoms with Gasteiger partial charge in [0.2, 0.25) is 0 Å². The molecule has 2 aromatic heterocycles. The number of carboxylic acids is 1. The quantitative estimate of drug-likeness (QED) is 0.286. The van der Waals surface area contributed by atoms with Crippen LogP contribution in [0.2, 0.25) is 3.93 Å². The number of carbonyl (C=O) groups excluding carboxylic acids is 2. The first-order chi connectivity index (χ1) is 15.3. The van der Waals surface area contributed by atoms with E-state index in [4.69, 9.17) is 4.74 Å². The summed E-state index contributed by atoms with van der Waals surface area (Å²) < 4.78 is 8.66. The van der Waals surface area contributed by atoms with Crippen molar-refractivity contribution < 1.29 is 80.6 Å². The zero-order chi connectivity index (χ0) is 25.1. The number of nitrogens with zero attached hydrogens (tertiary/aromatic N) is 3. The van der Waals surface area contributed by atoms with Crippen molar-refractivity contribution in [3.63, 3.8) is 0 Å². The molecule has 1 saturated carbocycles. The molecule has 2 aromatic rings. The first-order valence-electron chi connectivity index (χ1n) is 10.7. The Kier molecular flexibility index (Phi) is 13.1. The van der Waals surface area contributed by atoms with Gasteiger partial charge in [-0.05, 0) is 0 Å². The maximum atomic E-state index is 12.3. The molecule has 0 radical (unpaired) electrons. The van der Waals surface area contributed by atoms with E-state index in [1.54, 1.807) is 21.1 Å². The number of imidazole rings is 1. The van der Waals surface area contributed by atoms with E-state index in [1.165, 1.54) is 17.9 Å². The number of amides is 1. The smallest absolute Gasteiger partial charge is 0.412 e. The molecule has 2 heterocycles. The van der Waals surface area contributed by atoms with Crippen molar-refractivity contribution >= 4 is 23.0 Å². The molecule has 1 aliphatic rings. The number of hydrogen-bond donors (Lipinski definition) is 2. The molecule has 0 aromatic carbocycles. The van der Waals surface area contributed by atoms with Gasteiger partial charge in [0.1, 0.15) is 5.52 Å². The van der Waals surface area contributed by atoms with Crippen molar-refractivity contribution in [3.8, 4) is 0 Å². The summed E-state index contributed by atoms with van der Waals surface area (Å²) >= 11 is 0.630. The zero-order valence-electron chi connectivity index (χ0n) is 21.6. The summed E-state index contributed by atoms with van der Waals surface area (Å²) in [5.74, 6) is -1.42. The van der Waals surface area contributed by atoms with Gasteiger partial charge in [-0.1, -0.05) is 0 Å². The van der Waals surface area contributed by atoms with Gasteiger partial charge < -0.3 is 10.5 Å². The molecule has 3 unspecified atom stereocenters. The number of fused-ring (bicyclic) bond motifs is 1. The van der Waals surface area contributed by atoms with Crippen LogP contribution >= 0.6 is 0 Å². The number of aliphatic carboxylic acids is 1. The predicted molar refractivity (Wildman–Crippen MR) is 118 cm³/mol. The van der Waals surface area contributed by atoms with E-state index in [0.29, 0.717) is 56.7 Å². The summed E-state index contributed by atoms with van der Waals surface area (Å²) in [5.41, 5.74) is -1.54. The Bertz CT molecular complexity index is 1140. The van der Waals surface area contributed by atoms with Crippen molar-refractivity contribution in [3.05, 3.63) is 27.2 Å². The average molecular weight is 691 g/mol. The fourth-order valence-corrected chi connectivity index (χ4v) is 5.94. The fourth-order valence-electron chi connectivity index (χ4n) is 4.23. The van der Waals surface area contributed by atoms with E-state index < -0.39 is 16.8 Å². The van der Waals surface area contributed by atoms with Gasteiger partial charge >= 0.3 is 172 Å². The summed E-state index contributed by atoms with van der Waals surface area (Å²) in [7, 11) is 4.66. The molecule has 12 nitrogen and oxygen atoms in total. The third-order valence-corrected chi connectivity index (χ3v) is 9.69. The minimum absolute atomic E-state index is 0. The van der Waals surface area contributed by atoms with Crippen molar-refractivity contribution in [2.75, 3.05) is 13.7 Å². The van der Waals surface area contributed by atoms with E-state index in [9.17, 15) is 24.3 Å². The van der Waals surface area contributed by atoms with E-state index in [2.05, 4.69) is 15.3 Å². The number of carbonyl (C=O) groups is 2. The molecule has 0 bridgehead atoms. The van der Waals surface area contributed by atoms with Gasteiger partial charge in [0, 0.05) is 14.1 Å². The third kappa shape index (κ3) is 6.64. The summed E-state index contributed by atoms with van der Waals surface area (Å²) in [6.45, 7) is 5.90. The van der Waals surface area contributed by atoms with Gasteiger partial charge in [-0.3, -0.25) is 13.9 Å². The number of H-pyrrole nitrogens is 1. The minimum atomic E-state index is -1.06. The van der Waals surface area contributed by atoms with Crippen molar-refractivity contribution in [2.45, 2.75) is 43.6 Å². The van der Waals surface area contributed by atoms with Crippen molar-refractivity contribution in [1.29, 1.82) is 0 Å². The molecule has 4 N–H and O–H groups in total. The second-order valence-electron chi connectivity index (χ2n) is 9.13. The molecule has 0 saturated heterocycles. The molecule has 187 valence electrons. The topological polar surface area (TPSA) is 183 Å². The van der Waals surface area contributed by atoms with Crippen LogP contribution in [0.4, 0.5) is 0 Å².